The summed E-state index contributed by atoms with van der Waals surface area (Å²) in [6, 6.07) is 1.78. The zero-order valence-electron chi connectivity index (χ0n) is 9.74. The minimum Gasteiger partial charge on any atom is -0.496 e. The molecule has 0 spiro atoms. The Hall–Kier alpha value is -0.550. The molecule has 2 atom stereocenters. The van der Waals surface area contributed by atoms with Crippen LogP contribution in [-0.2, 0) is 0 Å². The lowest BCUT2D eigenvalue weighted by Crippen LogP contribution is -2.30. The smallest absolute Gasteiger partial charge is 0.261 e. The van der Waals surface area contributed by atoms with Gasteiger partial charge in [-0.25, -0.2) is 0 Å². The molecule has 17 heavy (non-hydrogen) atoms. The van der Waals surface area contributed by atoms with Crippen LogP contribution in [0.2, 0.25) is 0 Å². The van der Waals surface area contributed by atoms with Crippen molar-refractivity contribution in [2.24, 2.45) is 5.92 Å². The fourth-order valence-corrected chi connectivity index (χ4v) is 3.62. The van der Waals surface area contributed by atoms with Crippen LogP contribution in [0.4, 0.5) is 0 Å². The number of carbonyl (C=O) groups excluding carboxylic acids is 1. The Morgan fingerprint density at radius 3 is 3.06 bits per heavy atom. The van der Waals surface area contributed by atoms with E-state index in [2.05, 4.69) is 21.2 Å². The van der Waals surface area contributed by atoms with Crippen molar-refractivity contribution in [3.05, 3.63) is 16.3 Å². The number of ether oxygens (including phenoxy) is 1. The maximum atomic E-state index is 11.9. The molecule has 1 saturated carbocycles. The summed E-state index contributed by atoms with van der Waals surface area (Å²) < 4.78 is 5.06. The van der Waals surface area contributed by atoms with Gasteiger partial charge in [-0.1, -0.05) is 22.4 Å². The molecule has 1 aliphatic carbocycles. The van der Waals surface area contributed by atoms with E-state index in [1.165, 1.54) is 30.6 Å². The van der Waals surface area contributed by atoms with E-state index in [1.54, 1.807) is 13.2 Å². The molecule has 0 radical (unpaired) electrons. The zero-order valence-corrected chi connectivity index (χ0v) is 12.1. The topological polar surface area (TPSA) is 38.3 Å². The Morgan fingerprint density at radius 1 is 1.65 bits per heavy atom. The van der Waals surface area contributed by atoms with E-state index in [1.807, 2.05) is 5.38 Å². The van der Waals surface area contributed by atoms with Gasteiger partial charge in [-0.2, -0.15) is 0 Å². The Morgan fingerprint density at radius 2 is 2.47 bits per heavy atom. The van der Waals surface area contributed by atoms with Gasteiger partial charge in [-0.3, -0.25) is 4.79 Å². The Balaban J connectivity index is 1.84. The second-order valence-electron chi connectivity index (χ2n) is 4.27. The number of methoxy groups -OCH3 is 1. The van der Waals surface area contributed by atoms with Crippen molar-refractivity contribution in [1.82, 2.24) is 5.32 Å². The molecule has 1 N–H and O–H groups in total. The first-order valence-corrected chi connectivity index (χ1v) is 7.55. The Bertz CT molecular complexity index is 394. The second-order valence-corrected chi connectivity index (χ2v) is 6.36. The lowest BCUT2D eigenvalue weighted by atomic mass is 10.1. The van der Waals surface area contributed by atoms with Gasteiger partial charge < -0.3 is 10.1 Å². The highest BCUT2D eigenvalue weighted by molar-refractivity contribution is 9.09. The van der Waals surface area contributed by atoms with Gasteiger partial charge in [-0.05, 0) is 18.8 Å². The van der Waals surface area contributed by atoms with Crippen LogP contribution in [0.25, 0.3) is 0 Å². The van der Waals surface area contributed by atoms with Crippen LogP contribution in [0.15, 0.2) is 11.4 Å². The molecule has 5 heteroatoms. The first-order chi connectivity index (χ1) is 8.20. The summed E-state index contributed by atoms with van der Waals surface area (Å²) in [6.45, 7) is 0.759. The molecule has 0 saturated heterocycles. The van der Waals surface area contributed by atoms with Crippen LogP contribution < -0.4 is 10.1 Å². The number of halogens is 1. The Labute approximate surface area is 114 Å². The summed E-state index contributed by atoms with van der Waals surface area (Å²) in [4.78, 5) is 13.1. The summed E-state index contributed by atoms with van der Waals surface area (Å²) in [6.07, 6.45) is 3.67. The number of hydrogen-bond acceptors (Lipinski definition) is 3. The molecule has 0 aliphatic heterocycles. The minimum atomic E-state index is 0.00454. The molecule has 1 aliphatic rings. The molecule has 2 unspecified atom stereocenters. The molecule has 1 amide bonds. The molecule has 1 heterocycles. The summed E-state index contributed by atoms with van der Waals surface area (Å²) in [5.74, 6) is 1.32. The monoisotopic (exact) mass is 317 g/mol. The Kier molecular flexibility index (Phi) is 4.45. The number of hydrogen-bond donors (Lipinski definition) is 1. The maximum absolute atomic E-state index is 11.9. The van der Waals surface area contributed by atoms with E-state index in [-0.39, 0.29) is 5.91 Å². The zero-order chi connectivity index (χ0) is 12.3. The molecule has 1 fully saturated rings. The summed E-state index contributed by atoms with van der Waals surface area (Å²) in [5.41, 5.74) is 0. The second kappa shape index (κ2) is 5.87. The predicted octanol–water partition coefficient (Wildman–Crippen LogP) is 3.05. The number of carbonyl (C=O) groups is 1. The van der Waals surface area contributed by atoms with Gasteiger partial charge in [0.2, 0.25) is 0 Å². The average molecular weight is 318 g/mol. The highest BCUT2D eigenvalue weighted by atomic mass is 79.9. The molecule has 3 nitrogen and oxygen atoms in total. The molecular formula is C12H16BrNO2S. The van der Waals surface area contributed by atoms with Crippen LogP contribution in [0.5, 0.6) is 5.75 Å². The number of amides is 1. The molecule has 0 bridgehead atoms. The van der Waals surface area contributed by atoms with Gasteiger partial charge in [0.15, 0.2) is 0 Å². The van der Waals surface area contributed by atoms with Crippen molar-refractivity contribution >= 4 is 33.2 Å². The average Bonchev–Trinajstić information content (AvgIpc) is 2.94. The van der Waals surface area contributed by atoms with Gasteiger partial charge >= 0.3 is 0 Å². The van der Waals surface area contributed by atoms with Crippen molar-refractivity contribution in [3.8, 4) is 5.75 Å². The summed E-state index contributed by atoms with van der Waals surface area (Å²) >= 11 is 5.07. The van der Waals surface area contributed by atoms with Crippen LogP contribution in [-0.4, -0.2) is 24.4 Å². The van der Waals surface area contributed by atoms with Crippen molar-refractivity contribution in [2.45, 2.75) is 24.1 Å². The van der Waals surface area contributed by atoms with E-state index in [0.29, 0.717) is 15.6 Å². The van der Waals surface area contributed by atoms with Gasteiger partial charge in [-0.15, -0.1) is 11.3 Å². The standard InChI is InChI=1S/C12H16BrNO2S/c1-16-9-5-11(17-7-9)12(15)14-6-8-3-2-4-10(8)13/h5,7-8,10H,2-4,6H2,1H3,(H,14,15). The summed E-state index contributed by atoms with van der Waals surface area (Å²) in [7, 11) is 1.61. The third-order valence-corrected chi connectivity index (χ3v) is 5.24. The van der Waals surface area contributed by atoms with Crippen LogP contribution in [0, 0.1) is 5.92 Å². The van der Waals surface area contributed by atoms with Crippen molar-refractivity contribution in [2.75, 3.05) is 13.7 Å². The van der Waals surface area contributed by atoms with E-state index in [4.69, 9.17) is 4.74 Å². The first-order valence-electron chi connectivity index (χ1n) is 5.75. The number of nitrogens with one attached hydrogen (secondary N) is 1. The number of thiophene rings is 1. The predicted molar refractivity (Wildman–Crippen MR) is 73.3 cm³/mol. The fourth-order valence-electron chi connectivity index (χ4n) is 2.08. The van der Waals surface area contributed by atoms with E-state index in [0.717, 1.165) is 12.3 Å². The van der Waals surface area contributed by atoms with Gasteiger partial charge in [0.25, 0.3) is 5.91 Å². The van der Waals surface area contributed by atoms with Gasteiger partial charge in [0.1, 0.15) is 5.75 Å². The normalized spacial score (nSPS) is 23.6. The van der Waals surface area contributed by atoms with E-state index < -0.39 is 0 Å². The molecule has 0 aromatic carbocycles. The van der Waals surface area contributed by atoms with Crippen LogP contribution in [0.3, 0.4) is 0 Å². The number of rotatable bonds is 4. The highest BCUT2D eigenvalue weighted by Crippen LogP contribution is 2.31. The van der Waals surface area contributed by atoms with Gasteiger partial charge in [0, 0.05) is 22.8 Å². The lowest BCUT2D eigenvalue weighted by molar-refractivity contribution is 0.0951. The SMILES string of the molecule is COc1csc(C(=O)NCC2CCCC2Br)c1. The molecule has 94 valence electrons. The van der Waals surface area contributed by atoms with Crippen LogP contribution in [0.1, 0.15) is 28.9 Å². The van der Waals surface area contributed by atoms with Gasteiger partial charge in [0.05, 0.1) is 12.0 Å². The maximum Gasteiger partial charge on any atom is 0.261 e. The van der Waals surface area contributed by atoms with Crippen LogP contribution >= 0.6 is 27.3 Å². The molecule has 1 aromatic heterocycles. The first kappa shape index (κ1) is 12.9. The summed E-state index contributed by atoms with van der Waals surface area (Å²) in [5, 5.41) is 4.84. The fraction of sp³-hybridized carbons (Fsp3) is 0.583. The van der Waals surface area contributed by atoms with Crippen molar-refractivity contribution in [3.63, 3.8) is 0 Å². The molecule has 1 aromatic rings. The molecular weight excluding hydrogens is 302 g/mol. The number of alkyl halides is 1. The van der Waals surface area contributed by atoms with Crippen molar-refractivity contribution < 1.29 is 9.53 Å². The van der Waals surface area contributed by atoms with E-state index >= 15 is 0 Å². The quantitative estimate of drug-likeness (QED) is 0.867. The minimum absolute atomic E-state index is 0.00454. The highest BCUT2D eigenvalue weighted by Gasteiger charge is 2.25. The van der Waals surface area contributed by atoms with Crippen molar-refractivity contribution in [1.29, 1.82) is 0 Å². The third kappa shape index (κ3) is 3.22. The van der Waals surface area contributed by atoms with E-state index in [9.17, 15) is 4.79 Å². The third-order valence-electron chi connectivity index (χ3n) is 3.13. The largest absolute Gasteiger partial charge is 0.496 e. The lowest BCUT2D eigenvalue weighted by Gasteiger charge is -2.14. The molecule has 2 rings (SSSR count).